The van der Waals surface area contributed by atoms with Gasteiger partial charge in [0.05, 0.1) is 31.2 Å². The molecule has 0 atom stereocenters. The molecule has 2 aromatic rings. The van der Waals surface area contributed by atoms with Gasteiger partial charge in [-0.15, -0.1) is 0 Å². The van der Waals surface area contributed by atoms with E-state index in [1.165, 1.54) is 19.2 Å². The molecule has 0 amide bonds. The minimum Gasteiger partial charge on any atom is -0.465 e. The summed E-state index contributed by atoms with van der Waals surface area (Å²) in [6.45, 7) is 1.49. The SMILES string of the molecule is COC(=O)c1ccccc1N(CC(=O)c1ccc(C)cc1)S(C)(=O)=O. The second-order valence-electron chi connectivity index (χ2n) is 5.57. The molecule has 25 heavy (non-hydrogen) atoms. The van der Waals surface area contributed by atoms with Crippen molar-refractivity contribution in [3.8, 4) is 0 Å². The molecule has 0 aliphatic heterocycles. The number of anilines is 1. The van der Waals surface area contributed by atoms with E-state index in [2.05, 4.69) is 0 Å². The quantitative estimate of drug-likeness (QED) is 0.583. The lowest BCUT2D eigenvalue weighted by molar-refractivity contribution is 0.0601. The maximum absolute atomic E-state index is 12.5. The Morgan fingerprint density at radius 3 is 2.20 bits per heavy atom. The summed E-state index contributed by atoms with van der Waals surface area (Å²) in [7, 11) is -2.58. The number of carbonyl (C=O) groups is 2. The van der Waals surface area contributed by atoms with Crippen molar-refractivity contribution in [1.82, 2.24) is 0 Å². The summed E-state index contributed by atoms with van der Waals surface area (Å²) in [6.07, 6.45) is 0.990. The van der Waals surface area contributed by atoms with Crippen LogP contribution in [0.4, 0.5) is 5.69 Å². The van der Waals surface area contributed by atoms with Crippen molar-refractivity contribution in [3.63, 3.8) is 0 Å². The third-order valence-electron chi connectivity index (χ3n) is 3.64. The Balaban J connectivity index is 2.44. The van der Waals surface area contributed by atoms with Crippen LogP contribution in [-0.2, 0) is 14.8 Å². The van der Waals surface area contributed by atoms with Crippen LogP contribution >= 0.6 is 0 Å². The van der Waals surface area contributed by atoms with Gasteiger partial charge >= 0.3 is 5.97 Å². The van der Waals surface area contributed by atoms with Gasteiger partial charge in [0.25, 0.3) is 0 Å². The summed E-state index contributed by atoms with van der Waals surface area (Å²) in [5.41, 5.74) is 1.58. The molecule has 132 valence electrons. The standard InChI is InChI=1S/C18H19NO5S/c1-13-8-10-14(11-9-13)17(20)12-19(25(3,22)23)16-7-5-4-6-15(16)18(21)24-2/h4-11H,12H2,1-3H3. The molecule has 0 aliphatic carbocycles. The zero-order valence-electron chi connectivity index (χ0n) is 14.2. The Hall–Kier alpha value is -2.67. The predicted molar refractivity (Wildman–Crippen MR) is 95.5 cm³/mol. The summed E-state index contributed by atoms with van der Waals surface area (Å²) < 4.78 is 30.1. The highest BCUT2D eigenvalue weighted by Gasteiger charge is 2.26. The molecule has 2 aromatic carbocycles. The van der Waals surface area contributed by atoms with Crippen molar-refractivity contribution in [2.24, 2.45) is 0 Å². The van der Waals surface area contributed by atoms with Crippen LogP contribution in [0.2, 0.25) is 0 Å². The first kappa shape index (κ1) is 18.7. The maximum Gasteiger partial charge on any atom is 0.340 e. The van der Waals surface area contributed by atoms with Crippen molar-refractivity contribution in [2.45, 2.75) is 6.92 Å². The first-order chi connectivity index (χ1) is 11.7. The molecule has 0 aliphatic rings. The van der Waals surface area contributed by atoms with E-state index in [9.17, 15) is 18.0 Å². The summed E-state index contributed by atoms with van der Waals surface area (Å²) in [6, 6.07) is 13.0. The van der Waals surface area contributed by atoms with E-state index in [0.29, 0.717) is 5.56 Å². The molecule has 0 radical (unpaired) electrons. The zero-order chi connectivity index (χ0) is 18.6. The molecule has 0 N–H and O–H groups in total. The molecule has 2 rings (SSSR count). The number of ketones is 1. The third kappa shape index (κ3) is 4.45. The van der Waals surface area contributed by atoms with E-state index in [4.69, 9.17) is 4.74 Å². The predicted octanol–water partition coefficient (Wildman–Crippen LogP) is 2.43. The van der Waals surface area contributed by atoms with Crippen LogP contribution in [0.15, 0.2) is 48.5 Å². The van der Waals surface area contributed by atoms with Gasteiger partial charge < -0.3 is 4.74 Å². The van der Waals surface area contributed by atoms with Gasteiger partial charge in [0.1, 0.15) is 0 Å². The number of hydrogen-bond donors (Lipinski definition) is 0. The molecule has 6 nitrogen and oxygen atoms in total. The minimum absolute atomic E-state index is 0.0760. The highest BCUT2D eigenvalue weighted by Crippen LogP contribution is 2.24. The fourth-order valence-electron chi connectivity index (χ4n) is 2.32. The van der Waals surface area contributed by atoms with E-state index in [0.717, 1.165) is 16.1 Å². The molecular weight excluding hydrogens is 342 g/mol. The van der Waals surface area contributed by atoms with Gasteiger partial charge in [0, 0.05) is 5.56 Å². The van der Waals surface area contributed by atoms with Crippen LogP contribution in [0, 0.1) is 6.92 Å². The summed E-state index contributed by atoms with van der Waals surface area (Å²) in [5, 5.41) is 0. The van der Waals surface area contributed by atoms with Gasteiger partial charge in [-0.2, -0.15) is 0 Å². The second-order valence-corrected chi connectivity index (χ2v) is 7.47. The Labute approximate surface area is 147 Å². The Kier molecular flexibility index (Phi) is 5.58. The second kappa shape index (κ2) is 7.48. The van der Waals surface area contributed by atoms with Gasteiger partial charge in [-0.3, -0.25) is 9.10 Å². The van der Waals surface area contributed by atoms with E-state index in [1.807, 2.05) is 6.92 Å². The number of hydrogen-bond acceptors (Lipinski definition) is 5. The average molecular weight is 361 g/mol. The maximum atomic E-state index is 12.5. The van der Waals surface area contributed by atoms with Crippen molar-refractivity contribution in [3.05, 3.63) is 65.2 Å². The van der Waals surface area contributed by atoms with Crippen LogP contribution in [0.1, 0.15) is 26.3 Å². The van der Waals surface area contributed by atoms with Crippen molar-refractivity contribution in [1.29, 1.82) is 0 Å². The summed E-state index contributed by atoms with van der Waals surface area (Å²) in [5.74, 6) is -1.04. The first-order valence-electron chi connectivity index (χ1n) is 7.49. The number of benzene rings is 2. The number of rotatable bonds is 6. The largest absolute Gasteiger partial charge is 0.465 e. The van der Waals surface area contributed by atoms with Gasteiger partial charge in [0.15, 0.2) is 5.78 Å². The number of nitrogens with zero attached hydrogens (tertiary/aromatic N) is 1. The number of esters is 1. The van der Waals surface area contributed by atoms with Crippen LogP contribution in [0.3, 0.4) is 0 Å². The monoisotopic (exact) mass is 361 g/mol. The third-order valence-corrected chi connectivity index (χ3v) is 4.77. The molecule has 0 unspecified atom stereocenters. The topological polar surface area (TPSA) is 80.8 Å². The number of Topliss-reactive ketones (excluding diaryl/α,β-unsaturated/α-hetero) is 1. The number of carbonyl (C=O) groups excluding carboxylic acids is 2. The lowest BCUT2D eigenvalue weighted by Gasteiger charge is -2.23. The van der Waals surface area contributed by atoms with E-state index in [-0.39, 0.29) is 17.0 Å². The van der Waals surface area contributed by atoms with Crippen LogP contribution in [0.25, 0.3) is 0 Å². The number of ether oxygens (including phenoxy) is 1. The number of sulfonamides is 1. The number of para-hydroxylation sites is 1. The smallest absolute Gasteiger partial charge is 0.340 e. The normalized spacial score (nSPS) is 11.0. The molecule has 0 fully saturated rings. The van der Waals surface area contributed by atoms with Crippen molar-refractivity contribution >= 4 is 27.5 Å². The van der Waals surface area contributed by atoms with Crippen molar-refractivity contribution in [2.75, 3.05) is 24.2 Å². The summed E-state index contributed by atoms with van der Waals surface area (Å²) in [4.78, 5) is 24.4. The van der Waals surface area contributed by atoms with Gasteiger partial charge in [-0.1, -0.05) is 42.0 Å². The molecule has 0 saturated heterocycles. The average Bonchev–Trinajstić information content (AvgIpc) is 2.58. The highest BCUT2D eigenvalue weighted by molar-refractivity contribution is 7.92. The first-order valence-corrected chi connectivity index (χ1v) is 9.34. The molecule has 0 saturated carbocycles. The fourth-order valence-corrected chi connectivity index (χ4v) is 3.18. The molecule has 7 heteroatoms. The number of methoxy groups -OCH3 is 1. The van der Waals surface area contributed by atoms with Crippen LogP contribution < -0.4 is 4.31 Å². The molecule has 0 bridgehead atoms. The van der Waals surface area contributed by atoms with E-state index >= 15 is 0 Å². The molecule has 0 heterocycles. The Morgan fingerprint density at radius 2 is 1.64 bits per heavy atom. The summed E-state index contributed by atoms with van der Waals surface area (Å²) >= 11 is 0. The van der Waals surface area contributed by atoms with Gasteiger partial charge in [-0.25, -0.2) is 13.2 Å². The van der Waals surface area contributed by atoms with Crippen molar-refractivity contribution < 1.29 is 22.7 Å². The fraction of sp³-hybridized carbons (Fsp3) is 0.222. The minimum atomic E-state index is -3.79. The molecule has 0 aromatic heterocycles. The lowest BCUT2D eigenvalue weighted by atomic mass is 10.1. The van der Waals surface area contributed by atoms with Gasteiger partial charge in [0.2, 0.25) is 10.0 Å². The van der Waals surface area contributed by atoms with Crippen LogP contribution in [0.5, 0.6) is 0 Å². The Morgan fingerprint density at radius 1 is 1.04 bits per heavy atom. The van der Waals surface area contributed by atoms with E-state index in [1.54, 1.807) is 36.4 Å². The highest BCUT2D eigenvalue weighted by atomic mass is 32.2. The Bertz CT molecular complexity index is 888. The van der Waals surface area contributed by atoms with Gasteiger partial charge in [-0.05, 0) is 19.1 Å². The molecule has 0 spiro atoms. The molecular formula is C18H19NO5S. The zero-order valence-corrected chi connectivity index (χ0v) is 15.0. The van der Waals surface area contributed by atoms with Crippen LogP contribution in [-0.4, -0.2) is 40.1 Å². The van der Waals surface area contributed by atoms with E-state index < -0.39 is 22.5 Å². The number of aryl methyl sites for hydroxylation is 1. The lowest BCUT2D eigenvalue weighted by Crippen LogP contribution is -2.36.